The normalized spacial score (nSPS) is 10.9. The summed E-state index contributed by atoms with van der Waals surface area (Å²) in [6, 6.07) is 6.11. The lowest BCUT2D eigenvalue weighted by molar-refractivity contribution is 0.0945. The molecule has 112 valence electrons. The lowest BCUT2D eigenvalue weighted by atomic mass is 10.1. The second kappa shape index (κ2) is 6.85. The molecule has 6 heteroatoms. The summed E-state index contributed by atoms with van der Waals surface area (Å²) in [7, 11) is 0. The van der Waals surface area contributed by atoms with Crippen molar-refractivity contribution in [1.29, 1.82) is 0 Å². The fraction of sp³-hybridized carbons (Fsp3) is 0.333. The summed E-state index contributed by atoms with van der Waals surface area (Å²) < 4.78 is 13.9. The molecule has 0 spiro atoms. The molecular formula is C15H17BrFN3O. The second-order valence-electron chi connectivity index (χ2n) is 5.29. The topological polar surface area (TPSA) is 57.8 Å². The Morgan fingerprint density at radius 1 is 1.43 bits per heavy atom. The molecule has 0 bridgehead atoms. The van der Waals surface area contributed by atoms with Crippen molar-refractivity contribution < 1.29 is 9.18 Å². The number of hydrogen-bond donors (Lipinski definition) is 2. The van der Waals surface area contributed by atoms with Gasteiger partial charge in [0.15, 0.2) is 0 Å². The van der Waals surface area contributed by atoms with Crippen LogP contribution in [0.5, 0.6) is 0 Å². The summed E-state index contributed by atoms with van der Waals surface area (Å²) in [5.74, 6) is -0.122. The first-order chi connectivity index (χ1) is 9.95. The van der Waals surface area contributed by atoms with Crippen molar-refractivity contribution in [1.82, 2.24) is 15.5 Å². The number of hydrogen-bond acceptors (Lipinski definition) is 2. The molecular weight excluding hydrogens is 337 g/mol. The number of aromatic nitrogens is 2. The first-order valence-corrected chi connectivity index (χ1v) is 7.51. The fourth-order valence-corrected chi connectivity index (χ4v) is 2.35. The molecule has 0 saturated heterocycles. The van der Waals surface area contributed by atoms with Crippen molar-refractivity contribution in [2.45, 2.75) is 26.8 Å². The average Bonchev–Trinajstić information content (AvgIpc) is 2.87. The zero-order chi connectivity index (χ0) is 15.4. The molecule has 21 heavy (non-hydrogen) atoms. The summed E-state index contributed by atoms with van der Waals surface area (Å²) >= 11 is 3.33. The first kappa shape index (κ1) is 15.7. The Hall–Kier alpha value is -1.69. The molecule has 0 unspecified atom stereocenters. The number of rotatable bonds is 5. The minimum Gasteiger partial charge on any atom is -0.347 e. The average molecular weight is 354 g/mol. The Balaban J connectivity index is 1.98. The summed E-state index contributed by atoms with van der Waals surface area (Å²) in [5.41, 5.74) is 1.96. The van der Waals surface area contributed by atoms with Crippen LogP contribution in [-0.2, 0) is 13.0 Å². The maximum atomic E-state index is 13.2. The number of nitrogens with one attached hydrogen (secondary N) is 2. The molecule has 1 aromatic carbocycles. The van der Waals surface area contributed by atoms with Gasteiger partial charge in [0.2, 0.25) is 0 Å². The van der Waals surface area contributed by atoms with Crippen LogP contribution in [0, 0.1) is 11.7 Å². The smallest absolute Gasteiger partial charge is 0.272 e. The molecule has 0 atom stereocenters. The molecule has 0 fully saturated rings. The molecule has 1 aromatic heterocycles. The van der Waals surface area contributed by atoms with E-state index < -0.39 is 0 Å². The number of benzene rings is 1. The van der Waals surface area contributed by atoms with E-state index in [9.17, 15) is 9.18 Å². The van der Waals surface area contributed by atoms with Crippen molar-refractivity contribution in [2.24, 2.45) is 5.92 Å². The quantitative estimate of drug-likeness (QED) is 0.864. The first-order valence-electron chi connectivity index (χ1n) is 6.72. The highest BCUT2D eigenvalue weighted by Crippen LogP contribution is 2.17. The Bertz CT molecular complexity index is 640. The second-order valence-corrected chi connectivity index (χ2v) is 6.15. The van der Waals surface area contributed by atoms with Gasteiger partial charge in [0, 0.05) is 16.7 Å². The zero-order valence-electron chi connectivity index (χ0n) is 11.9. The Kier molecular flexibility index (Phi) is 5.12. The van der Waals surface area contributed by atoms with E-state index in [0.29, 0.717) is 17.2 Å². The molecule has 2 rings (SSSR count). The van der Waals surface area contributed by atoms with Gasteiger partial charge < -0.3 is 5.32 Å². The van der Waals surface area contributed by atoms with Gasteiger partial charge in [0.05, 0.1) is 0 Å². The van der Waals surface area contributed by atoms with Gasteiger partial charge in [0.25, 0.3) is 5.91 Å². The van der Waals surface area contributed by atoms with E-state index in [2.05, 4.69) is 45.3 Å². The van der Waals surface area contributed by atoms with Crippen LogP contribution in [0.4, 0.5) is 4.39 Å². The number of nitrogens with zero attached hydrogens (tertiary/aromatic N) is 1. The molecule has 0 radical (unpaired) electrons. The Morgan fingerprint density at radius 3 is 2.90 bits per heavy atom. The summed E-state index contributed by atoms with van der Waals surface area (Å²) in [4.78, 5) is 12.0. The minimum absolute atomic E-state index is 0.240. The third-order valence-electron chi connectivity index (χ3n) is 2.94. The standard InChI is InChI=1S/C15H17BrFN3O/c1-9(2)5-12-7-14(20-19-12)15(21)18-8-10-6-11(17)3-4-13(10)16/h3-4,6-7,9H,5,8H2,1-2H3,(H,18,21)(H,19,20). The molecule has 1 amide bonds. The maximum absolute atomic E-state index is 13.2. The van der Waals surface area contributed by atoms with Crippen LogP contribution in [0.2, 0.25) is 0 Å². The highest BCUT2D eigenvalue weighted by Gasteiger charge is 2.12. The molecule has 0 aliphatic carbocycles. The maximum Gasteiger partial charge on any atom is 0.272 e. The van der Waals surface area contributed by atoms with Crippen molar-refractivity contribution in [3.63, 3.8) is 0 Å². The van der Waals surface area contributed by atoms with Crippen molar-refractivity contribution in [3.8, 4) is 0 Å². The lowest BCUT2D eigenvalue weighted by Crippen LogP contribution is -2.23. The van der Waals surface area contributed by atoms with Crippen LogP contribution in [0.25, 0.3) is 0 Å². The molecule has 1 heterocycles. The number of carbonyl (C=O) groups excluding carboxylic acids is 1. The van der Waals surface area contributed by atoms with Crippen LogP contribution < -0.4 is 5.32 Å². The van der Waals surface area contributed by atoms with Gasteiger partial charge in [-0.2, -0.15) is 5.10 Å². The molecule has 0 aliphatic rings. The third kappa shape index (κ3) is 4.39. The number of aromatic amines is 1. The molecule has 0 aliphatic heterocycles. The molecule has 2 aromatic rings. The predicted octanol–water partition coefficient (Wildman–Crippen LogP) is 3.44. The summed E-state index contributed by atoms with van der Waals surface area (Å²) in [6.45, 7) is 4.44. The third-order valence-corrected chi connectivity index (χ3v) is 3.71. The number of amides is 1. The van der Waals surface area contributed by atoms with E-state index in [-0.39, 0.29) is 18.3 Å². The predicted molar refractivity (Wildman–Crippen MR) is 82.4 cm³/mol. The van der Waals surface area contributed by atoms with Gasteiger partial charge in [0.1, 0.15) is 11.5 Å². The minimum atomic E-state index is -0.332. The Morgan fingerprint density at radius 2 is 2.19 bits per heavy atom. The highest BCUT2D eigenvalue weighted by atomic mass is 79.9. The Labute approximate surface area is 131 Å². The van der Waals surface area contributed by atoms with E-state index in [0.717, 1.165) is 16.6 Å². The largest absolute Gasteiger partial charge is 0.347 e. The summed E-state index contributed by atoms with van der Waals surface area (Å²) in [6.07, 6.45) is 0.843. The monoisotopic (exact) mass is 353 g/mol. The fourth-order valence-electron chi connectivity index (χ4n) is 1.97. The van der Waals surface area contributed by atoms with Crippen LogP contribution in [-0.4, -0.2) is 16.1 Å². The lowest BCUT2D eigenvalue weighted by Gasteiger charge is -2.06. The van der Waals surface area contributed by atoms with Gasteiger partial charge in [-0.25, -0.2) is 4.39 Å². The number of H-pyrrole nitrogens is 1. The SMILES string of the molecule is CC(C)Cc1cc(C(=O)NCc2cc(F)ccc2Br)n[nH]1. The van der Waals surface area contributed by atoms with E-state index in [1.807, 2.05) is 0 Å². The van der Waals surface area contributed by atoms with Gasteiger partial charge in [-0.05, 0) is 42.2 Å². The number of halogens is 2. The van der Waals surface area contributed by atoms with E-state index in [1.165, 1.54) is 12.1 Å². The molecule has 2 N–H and O–H groups in total. The van der Waals surface area contributed by atoms with Gasteiger partial charge in [-0.1, -0.05) is 29.8 Å². The van der Waals surface area contributed by atoms with Crippen molar-refractivity contribution in [2.75, 3.05) is 0 Å². The van der Waals surface area contributed by atoms with E-state index in [1.54, 1.807) is 12.1 Å². The van der Waals surface area contributed by atoms with Gasteiger partial charge in [-0.15, -0.1) is 0 Å². The summed E-state index contributed by atoms with van der Waals surface area (Å²) in [5, 5.41) is 9.59. The van der Waals surface area contributed by atoms with Crippen LogP contribution in [0.1, 0.15) is 35.6 Å². The zero-order valence-corrected chi connectivity index (χ0v) is 13.5. The molecule has 0 saturated carbocycles. The van der Waals surface area contributed by atoms with E-state index in [4.69, 9.17) is 0 Å². The highest BCUT2D eigenvalue weighted by molar-refractivity contribution is 9.10. The van der Waals surface area contributed by atoms with Crippen LogP contribution in [0.3, 0.4) is 0 Å². The van der Waals surface area contributed by atoms with E-state index >= 15 is 0 Å². The van der Waals surface area contributed by atoms with Gasteiger partial charge >= 0.3 is 0 Å². The number of carbonyl (C=O) groups is 1. The van der Waals surface area contributed by atoms with Crippen LogP contribution >= 0.6 is 15.9 Å². The molecule has 4 nitrogen and oxygen atoms in total. The van der Waals surface area contributed by atoms with Crippen molar-refractivity contribution in [3.05, 3.63) is 51.5 Å². The van der Waals surface area contributed by atoms with Crippen molar-refractivity contribution >= 4 is 21.8 Å². The van der Waals surface area contributed by atoms with Gasteiger partial charge in [-0.3, -0.25) is 9.89 Å². The van der Waals surface area contributed by atoms with Crippen LogP contribution in [0.15, 0.2) is 28.7 Å².